The lowest BCUT2D eigenvalue weighted by molar-refractivity contribution is 0.0773. The third-order valence-electron chi connectivity index (χ3n) is 3.69. The second-order valence-electron chi connectivity index (χ2n) is 5.26. The predicted molar refractivity (Wildman–Crippen MR) is 93.0 cm³/mol. The molecule has 0 aliphatic carbocycles. The molecule has 0 saturated carbocycles. The smallest absolute Gasteiger partial charge is 0.257 e. The van der Waals surface area contributed by atoms with E-state index in [1.54, 1.807) is 29.2 Å². The van der Waals surface area contributed by atoms with Crippen LogP contribution in [0.2, 0.25) is 5.02 Å². The maximum atomic E-state index is 13.3. The maximum absolute atomic E-state index is 13.3. The van der Waals surface area contributed by atoms with Gasteiger partial charge in [-0.25, -0.2) is 8.78 Å². The highest BCUT2D eigenvalue weighted by Crippen LogP contribution is 2.21. The van der Waals surface area contributed by atoms with Crippen LogP contribution in [0.15, 0.2) is 36.4 Å². The summed E-state index contributed by atoms with van der Waals surface area (Å²) in [7, 11) is 0. The molecule has 0 aliphatic heterocycles. The summed E-state index contributed by atoms with van der Waals surface area (Å²) in [6.07, 6.45) is 0. The normalized spacial score (nSPS) is 10.4. The van der Waals surface area contributed by atoms with Gasteiger partial charge in [0.05, 0.1) is 10.6 Å². The van der Waals surface area contributed by atoms with Crippen LogP contribution in [-0.2, 0) is 0 Å². The molecule has 0 aliphatic rings. The molecule has 0 radical (unpaired) electrons. The molecule has 0 atom stereocenters. The Kier molecular flexibility index (Phi) is 6.09. The first-order valence-electron chi connectivity index (χ1n) is 7.72. The van der Waals surface area contributed by atoms with Crippen LogP contribution in [0.25, 0.3) is 0 Å². The lowest BCUT2D eigenvalue weighted by Crippen LogP contribution is -2.30. The number of anilines is 1. The number of halogens is 3. The number of hydrogen-bond donors (Lipinski definition) is 1. The Morgan fingerprint density at radius 3 is 2.16 bits per heavy atom. The Bertz CT molecular complexity index is 790. The summed E-state index contributed by atoms with van der Waals surface area (Å²) in [5.74, 6) is -3.06. The van der Waals surface area contributed by atoms with Crippen molar-refractivity contribution in [2.75, 3.05) is 18.4 Å². The van der Waals surface area contributed by atoms with E-state index in [0.717, 1.165) is 12.1 Å². The van der Waals surface area contributed by atoms with Crippen molar-refractivity contribution in [1.82, 2.24) is 4.90 Å². The number of nitrogens with one attached hydrogen (secondary N) is 1. The summed E-state index contributed by atoms with van der Waals surface area (Å²) in [6, 6.07) is 7.78. The van der Waals surface area contributed by atoms with Crippen molar-refractivity contribution >= 4 is 29.1 Å². The largest absolute Gasteiger partial charge is 0.339 e. The van der Waals surface area contributed by atoms with Crippen LogP contribution >= 0.6 is 11.6 Å². The molecule has 2 amide bonds. The number of hydrogen-bond acceptors (Lipinski definition) is 2. The van der Waals surface area contributed by atoms with E-state index in [9.17, 15) is 18.4 Å². The maximum Gasteiger partial charge on any atom is 0.257 e. The van der Waals surface area contributed by atoms with Crippen LogP contribution in [0.4, 0.5) is 14.5 Å². The van der Waals surface area contributed by atoms with Gasteiger partial charge in [0.25, 0.3) is 11.8 Å². The number of nitrogens with zero attached hydrogens (tertiary/aromatic N) is 1. The molecule has 0 heterocycles. The Morgan fingerprint density at radius 2 is 1.60 bits per heavy atom. The van der Waals surface area contributed by atoms with E-state index < -0.39 is 17.5 Å². The summed E-state index contributed by atoms with van der Waals surface area (Å²) in [5.41, 5.74) is 0.721. The van der Waals surface area contributed by atoms with Crippen LogP contribution in [0.1, 0.15) is 34.6 Å². The minimum atomic E-state index is -1.16. The standard InChI is InChI=1S/C18H17ClF2N2O2/c1-3-23(4-2)18(25)11-5-7-12(8-6-11)22-17(24)13-9-15(20)16(21)10-14(13)19/h5-10H,3-4H2,1-2H3,(H,22,24). The topological polar surface area (TPSA) is 49.4 Å². The van der Waals surface area contributed by atoms with Gasteiger partial charge in [0.1, 0.15) is 0 Å². The van der Waals surface area contributed by atoms with Gasteiger partial charge >= 0.3 is 0 Å². The second kappa shape index (κ2) is 8.07. The van der Waals surface area contributed by atoms with E-state index in [4.69, 9.17) is 11.6 Å². The third-order valence-corrected chi connectivity index (χ3v) is 4.01. The summed E-state index contributed by atoms with van der Waals surface area (Å²) < 4.78 is 26.4. The van der Waals surface area contributed by atoms with Gasteiger partial charge in [-0.15, -0.1) is 0 Å². The molecule has 132 valence electrons. The molecule has 4 nitrogen and oxygen atoms in total. The van der Waals surface area contributed by atoms with Crippen LogP contribution < -0.4 is 5.32 Å². The van der Waals surface area contributed by atoms with Gasteiger partial charge in [-0.05, 0) is 50.2 Å². The van der Waals surface area contributed by atoms with Crippen molar-refractivity contribution in [3.8, 4) is 0 Å². The number of amides is 2. The SMILES string of the molecule is CCN(CC)C(=O)c1ccc(NC(=O)c2cc(F)c(F)cc2Cl)cc1. The zero-order chi connectivity index (χ0) is 18.6. The Labute approximate surface area is 149 Å². The van der Waals surface area contributed by atoms with E-state index in [2.05, 4.69) is 5.32 Å². The molecule has 25 heavy (non-hydrogen) atoms. The van der Waals surface area contributed by atoms with Crippen molar-refractivity contribution in [1.29, 1.82) is 0 Å². The molecule has 0 unspecified atom stereocenters. The van der Waals surface area contributed by atoms with E-state index in [-0.39, 0.29) is 16.5 Å². The van der Waals surface area contributed by atoms with Crippen LogP contribution in [-0.4, -0.2) is 29.8 Å². The molecule has 7 heteroatoms. The molecule has 2 aromatic rings. The Balaban J connectivity index is 2.15. The van der Waals surface area contributed by atoms with E-state index >= 15 is 0 Å². The molecule has 0 bridgehead atoms. The fourth-order valence-corrected chi connectivity index (χ4v) is 2.52. The molecular weight excluding hydrogens is 350 g/mol. The predicted octanol–water partition coefficient (Wildman–Crippen LogP) is 4.35. The first-order chi connectivity index (χ1) is 11.9. The van der Waals surface area contributed by atoms with Crippen molar-refractivity contribution in [2.45, 2.75) is 13.8 Å². The van der Waals surface area contributed by atoms with Gasteiger partial charge in [-0.1, -0.05) is 11.6 Å². The summed E-state index contributed by atoms with van der Waals surface area (Å²) in [4.78, 5) is 26.1. The molecule has 1 N–H and O–H groups in total. The number of rotatable bonds is 5. The zero-order valence-corrected chi connectivity index (χ0v) is 14.5. The van der Waals surface area contributed by atoms with Crippen LogP contribution in [0, 0.1) is 11.6 Å². The van der Waals surface area contributed by atoms with Gasteiger partial charge in [0, 0.05) is 24.3 Å². The van der Waals surface area contributed by atoms with Crippen molar-refractivity contribution in [2.24, 2.45) is 0 Å². The first-order valence-corrected chi connectivity index (χ1v) is 8.10. The summed E-state index contributed by atoms with van der Waals surface area (Å²) in [6.45, 7) is 4.98. The number of carbonyl (C=O) groups excluding carboxylic acids is 2. The molecule has 0 aromatic heterocycles. The molecule has 0 saturated heterocycles. The highest BCUT2D eigenvalue weighted by molar-refractivity contribution is 6.34. The van der Waals surface area contributed by atoms with E-state index in [1.165, 1.54) is 0 Å². The van der Waals surface area contributed by atoms with Crippen LogP contribution in [0.5, 0.6) is 0 Å². The average Bonchev–Trinajstić information content (AvgIpc) is 2.59. The van der Waals surface area contributed by atoms with Crippen molar-refractivity contribution in [3.05, 3.63) is 64.2 Å². The molecule has 2 aromatic carbocycles. The van der Waals surface area contributed by atoms with Crippen LogP contribution in [0.3, 0.4) is 0 Å². The number of benzene rings is 2. The van der Waals surface area contributed by atoms with E-state index in [0.29, 0.717) is 24.3 Å². The Hall–Kier alpha value is -2.47. The summed E-state index contributed by atoms with van der Waals surface area (Å²) >= 11 is 5.78. The average molecular weight is 367 g/mol. The fraction of sp³-hybridized carbons (Fsp3) is 0.222. The first kappa shape index (κ1) is 18.9. The molecule has 0 fully saturated rings. The highest BCUT2D eigenvalue weighted by atomic mass is 35.5. The van der Waals surface area contributed by atoms with Gasteiger partial charge in [-0.2, -0.15) is 0 Å². The minimum Gasteiger partial charge on any atom is -0.339 e. The number of carbonyl (C=O) groups is 2. The van der Waals surface area contributed by atoms with E-state index in [1.807, 2.05) is 13.8 Å². The van der Waals surface area contributed by atoms with Crippen molar-refractivity contribution in [3.63, 3.8) is 0 Å². The quantitative estimate of drug-likeness (QED) is 0.800. The molecule has 2 rings (SSSR count). The second-order valence-corrected chi connectivity index (χ2v) is 5.66. The fourth-order valence-electron chi connectivity index (χ4n) is 2.28. The molecular formula is C18H17ClF2N2O2. The zero-order valence-electron chi connectivity index (χ0n) is 13.8. The summed E-state index contributed by atoms with van der Waals surface area (Å²) in [5, 5.41) is 2.34. The van der Waals surface area contributed by atoms with Gasteiger partial charge in [0.2, 0.25) is 0 Å². The lowest BCUT2D eigenvalue weighted by Gasteiger charge is -2.18. The highest BCUT2D eigenvalue weighted by Gasteiger charge is 2.16. The van der Waals surface area contributed by atoms with Gasteiger partial charge < -0.3 is 10.2 Å². The van der Waals surface area contributed by atoms with Gasteiger partial charge in [-0.3, -0.25) is 9.59 Å². The van der Waals surface area contributed by atoms with Gasteiger partial charge in [0.15, 0.2) is 11.6 Å². The van der Waals surface area contributed by atoms with Crippen molar-refractivity contribution < 1.29 is 18.4 Å². The Morgan fingerprint density at radius 1 is 1.04 bits per heavy atom. The monoisotopic (exact) mass is 366 g/mol. The minimum absolute atomic E-state index is 0.105. The third kappa shape index (κ3) is 4.33. The molecule has 0 spiro atoms. The lowest BCUT2D eigenvalue weighted by atomic mass is 10.1.